The monoisotopic (exact) mass is 392 g/mol. The van der Waals surface area contributed by atoms with E-state index in [9.17, 15) is 9.59 Å². The van der Waals surface area contributed by atoms with Gasteiger partial charge in [-0.3, -0.25) is 9.59 Å². The first-order valence-corrected chi connectivity index (χ1v) is 9.86. The lowest BCUT2D eigenvalue weighted by molar-refractivity contribution is -0.117. The van der Waals surface area contributed by atoms with Crippen LogP contribution in [0.15, 0.2) is 53.9 Å². The highest BCUT2D eigenvalue weighted by molar-refractivity contribution is 7.13. The van der Waals surface area contributed by atoms with Gasteiger partial charge in [-0.25, -0.2) is 0 Å². The molecule has 0 aliphatic carbocycles. The van der Waals surface area contributed by atoms with Crippen molar-refractivity contribution in [1.82, 2.24) is 0 Å². The maximum atomic E-state index is 12.6. The number of rotatable bonds is 5. The number of carbonyl (C=O) groups is 2. The maximum absolute atomic E-state index is 12.6. The van der Waals surface area contributed by atoms with E-state index >= 15 is 0 Å². The van der Waals surface area contributed by atoms with Gasteiger partial charge in [-0.15, -0.1) is 11.3 Å². The number of nitrogens with one attached hydrogen (secondary N) is 2. The van der Waals surface area contributed by atoms with Crippen molar-refractivity contribution in [2.75, 3.05) is 17.7 Å². The van der Waals surface area contributed by atoms with Crippen molar-refractivity contribution in [2.45, 2.75) is 19.3 Å². The minimum Gasteiger partial charge on any atom is -0.496 e. The van der Waals surface area contributed by atoms with Crippen LogP contribution < -0.4 is 15.4 Å². The average Bonchev–Trinajstić information content (AvgIpc) is 3.30. The van der Waals surface area contributed by atoms with Crippen molar-refractivity contribution in [2.24, 2.45) is 0 Å². The van der Waals surface area contributed by atoms with Gasteiger partial charge in [0, 0.05) is 28.7 Å². The van der Waals surface area contributed by atoms with E-state index in [4.69, 9.17) is 4.74 Å². The van der Waals surface area contributed by atoms with Gasteiger partial charge in [0.25, 0.3) is 0 Å². The van der Waals surface area contributed by atoms with Crippen LogP contribution in [0.1, 0.15) is 24.0 Å². The van der Waals surface area contributed by atoms with E-state index in [1.54, 1.807) is 24.5 Å². The fraction of sp³-hybridized carbons (Fsp3) is 0.182. The molecule has 0 fully saturated rings. The molecule has 0 bridgehead atoms. The second-order valence-electron chi connectivity index (χ2n) is 6.74. The van der Waals surface area contributed by atoms with Crippen LogP contribution >= 0.6 is 11.3 Å². The fourth-order valence-corrected chi connectivity index (χ4v) is 4.30. The van der Waals surface area contributed by atoms with E-state index in [0.29, 0.717) is 12.1 Å². The van der Waals surface area contributed by atoms with Crippen molar-refractivity contribution in [3.05, 3.63) is 65.0 Å². The highest BCUT2D eigenvalue weighted by atomic mass is 32.1. The van der Waals surface area contributed by atoms with Gasteiger partial charge in [0.1, 0.15) is 5.75 Å². The van der Waals surface area contributed by atoms with E-state index in [0.717, 1.165) is 33.0 Å². The third-order valence-electron chi connectivity index (χ3n) is 4.81. The molecule has 0 saturated carbocycles. The number of thiophene rings is 1. The second-order valence-corrected chi connectivity index (χ2v) is 7.69. The Morgan fingerprint density at radius 1 is 1.21 bits per heavy atom. The highest BCUT2D eigenvalue weighted by Crippen LogP contribution is 2.39. The zero-order chi connectivity index (χ0) is 19.7. The highest BCUT2D eigenvalue weighted by Gasteiger charge is 2.31. The van der Waals surface area contributed by atoms with Crippen LogP contribution in [0.4, 0.5) is 11.4 Å². The molecule has 1 aliphatic rings. The van der Waals surface area contributed by atoms with Gasteiger partial charge in [-0.2, -0.15) is 0 Å². The lowest BCUT2D eigenvalue weighted by Crippen LogP contribution is -2.14. The second kappa shape index (κ2) is 7.48. The van der Waals surface area contributed by atoms with Gasteiger partial charge in [-0.1, -0.05) is 18.2 Å². The van der Waals surface area contributed by atoms with Crippen LogP contribution in [0.3, 0.4) is 0 Å². The minimum atomic E-state index is -0.258. The molecule has 1 aliphatic heterocycles. The molecule has 2 amide bonds. The number of amides is 2. The number of carbonyl (C=O) groups excluding carboxylic acids is 2. The first-order valence-electron chi connectivity index (χ1n) is 8.98. The lowest BCUT2D eigenvalue weighted by Gasteiger charge is -2.13. The predicted molar refractivity (Wildman–Crippen MR) is 112 cm³/mol. The van der Waals surface area contributed by atoms with Gasteiger partial charge in [0.15, 0.2) is 0 Å². The average molecular weight is 392 g/mol. The van der Waals surface area contributed by atoms with Crippen molar-refractivity contribution < 1.29 is 14.3 Å². The van der Waals surface area contributed by atoms with E-state index in [1.807, 2.05) is 35.7 Å². The lowest BCUT2D eigenvalue weighted by atomic mass is 9.92. The summed E-state index contributed by atoms with van der Waals surface area (Å²) in [6, 6.07) is 15.7. The summed E-state index contributed by atoms with van der Waals surface area (Å²) in [6.07, 6.45) is 0.598. The molecule has 1 aromatic heterocycles. The molecule has 0 saturated heterocycles. The summed E-state index contributed by atoms with van der Waals surface area (Å²) in [6.45, 7) is 1.46. The summed E-state index contributed by atoms with van der Waals surface area (Å²) in [4.78, 5) is 25.0. The topological polar surface area (TPSA) is 67.4 Å². The van der Waals surface area contributed by atoms with Crippen LogP contribution in [0.25, 0.3) is 10.4 Å². The number of methoxy groups -OCH3 is 1. The maximum Gasteiger partial charge on any atom is 0.232 e. The molecule has 142 valence electrons. The smallest absolute Gasteiger partial charge is 0.232 e. The van der Waals surface area contributed by atoms with Gasteiger partial charge in [-0.05, 0) is 53.3 Å². The molecular weight excluding hydrogens is 372 g/mol. The molecule has 28 heavy (non-hydrogen) atoms. The Hall–Kier alpha value is -3.12. The number of hydrogen-bond acceptors (Lipinski definition) is 4. The molecule has 1 atom stereocenters. The van der Waals surface area contributed by atoms with Crippen molar-refractivity contribution in [1.29, 1.82) is 0 Å². The molecule has 1 unspecified atom stereocenters. The quantitative estimate of drug-likeness (QED) is 0.664. The molecule has 2 heterocycles. The minimum absolute atomic E-state index is 0.0246. The molecule has 6 heteroatoms. The summed E-state index contributed by atoms with van der Waals surface area (Å²) in [5.74, 6) is 0.400. The zero-order valence-corrected chi connectivity index (χ0v) is 16.4. The molecule has 2 N–H and O–H groups in total. The molecule has 0 radical (unpaired) electrons. The Morgan fingerprint density at radius 3 is 2.79 bits per heavy atom. The molecule has 5 nitrogen and oxygen atoms in total. The Bertz CT molecular complexity index is 1040. The molecule has 4 rings (SSSR count). The Morgan fingerprint density at radius 2 is 2.07 bits per heavy atom. The van der Waals surface area contributed by atoms with Crippen LogP contribution in [-0.2, 0) is 16.0 Å². The molecule has 2 aromatic carbocycles. The van der Waals surface area contributed by atoms with E-state index in [2.05, 4.69) is 22.8 Å². The largest absolute Gasteiger partial charge is 0.496 e. The number of ether oxygens (including phenoxy) is 1. The number of anilines is 2. The SMILES string of the molecule is COc1ccc(CC2C(=O)Nc3cc(NC(C)=O)ccc32)cc1-c1cccs1. The Labute approximate surface area is 167 Å². The zero-order valence-electron chi connectivity index (χ0n) is 15.6. The van der Waals surface area contributed by atoms with Gasteiger partial charge < -0.3 is 15.4 Å². The van der Waals surface area contributed by atoms with Gasteiger partial charge >= 0.3 is 0 Å². The van der Waals surface area contributed by atoms with Crippen molar-refractivity contribution in [3.63, 3.8) is 0 Å². The first kappa shape index (κ1) is 18.3. The molecule has 0 spiro atoms. The van der Waals surface area contributed by atoms with Crippen LogP contribution in [0.5, 0.6) is 5.75 Å². The molecule has 3 aromatic rings. The Balaban J connectivity index is 1.63. The van der Waals surface area contributed by atoms with E-state index < -0.39 is 0 Å². The summed E-state index contributed by atoms with van der Waals surface area (Å²) in [7, 11) is 1.67. The number of benzene rings is 2. The normalized spacial score (nSPS) is 15.1. The first-order chi connectivity index (χ1) is 13.5. The van der Waals surface area contributed by atoms with E-state index in [1.165, 1.54) is 6.92 Å². The third-order valence-corrected chi connectivity index (χ3v) is 5.72. The fourth-order valence-electron chi connectivity index (χ4n) is 3.56. The van der Waals surface area contributed by atoms with Gasteiger partial charge in [0.2, 0.25) is 11.8 Å². The van der Waals surface area contributed by atoms with Crippen molar-refractivity contribution >= 4 is 34.5 Å². The molecular formula is C22H20N2O3S. The summed E-state index contributed by atoms with van der Waals surface area (Å²) in [5.41, 5.74) is 4.50. The summed E-state index contributed by atoms with van der Waals surface area (Å²) < 4.78 is 5.51. The number of hydrogen-bond donors (Lipinski definition) is 2. The van der Waals surface area contributed by atoms with E-state index in [-0.39, 0.29) is 17.7 Å². The van der Waals surface area contributed by atoms with Crippen molar-refractivity contribution in [3.8, 4) is 16.2 Å². The predicted octanol–water partition coefficient (Wildman–Crippen LogP) is 4.66. The summed E-state index contributed by atoms with van der Waals surface area (Å²) >= 11 is 1.66. The van der Waals surface area contributed by atoms with Crippen LogP contribution in [0, 0.1) is 0 Å². The third kappa shape index (κ3) is 3.51. The van der Waals surface area contributed by atoms with Gasteiger partial charge in [0.05, 0.1) is 13.0 Å². The standard InChI is InChI=1S/C22H20N2O3S/c1-13(25)23-15-6-7-16-17(22(26)24-19(16)12-15)10-14-5-8-20(27-2)18(11-14)21-4-3-9-28-21/h3-9,11-12,17H,10H2,1-2H3,(H,23,25)(H,24,26). The number of fused-ring (bicyclic) bond motifs is 1. The van der Waals surface area contributed by atoms with Crippen LogP contribution in [-0.4, -0.2) is 18.9 Å². The Kier molecular flexibility index (Phi) is 4.88. The summed E-state index contributed by atoms with van der Waals surface area (Å²) in [5, 5.41) is 7.72. The van der Waals surface area contributed by atoms with Crippen LogP contribution in [0.2, 0.25) is 0 Å².